The minimum atomic E-state index is -1.13. The maximum absolute atomic E-state index is 12.4. The van der Waals surface area contributed by atoms with E-state index in [4.69, 9.17) is 0 Å². The Bertz CT molecular complexity index is 414. The Balaban J connectivity index is 3.15. The third-order valence-electron chi connectivity index (χ3n) is 2.16. The summed E-state index contributed by atoms with van der Waals surface area (Å²) in [6.45, 7) is 2.17. The highest BCUT2D eigenvalue weighted by Gasteiger charge is 2.28. The lowest BCUT2D eigenvalue weighted by Crippen LogP contribution is -2.28. The van der Waals surface area contributed by atoms with E-state index < -0.39 is 24.5 Å². The lowest BCUT2D eigenvalue weighted by molar-refractivity contribution is -0.148. The summed E-state index contributed by atoms with van der Waals surface area (Å²) in [7, 11) is 1.19. The van der Waals surface area contributed by atoms with Crippen LogP contribution in [0.15, 0.2) is 6.07 Å². The molecule has 1 unspecified atom stereocenters. The summed E-state index contributed by atoms with van der Waals surface area (Å²) in [6, 6.07) is 0.351. The highest BCUT2D eigenvalue weighted by Crippen LogP contribution is 2.14. The zero-order chi connectivity index (χ0) is 12.3. The first-order valence-electron chi connectivity index (χ1n) is 4.70. The molecular formula is C10H13FN2O3. The third-order valence-corrected chi connectivity index (χ3v) is 2.16. The molecule has 1 aromatic rings. The van der Waals surface area contributed by atoms with E-state index in [9.17, 15) is 14.0 Å². The van der Waals surface area contributed by atoms with Crippen LogP contribution in [0.25, 0.3) is 0 Å². The molecule has 0 radical (unpaired) electrons. The summed E-state index contributed by atoms with van der Waals surface area (Å²) in [5.41, 5.74) is 0.728. The van der Waals surface area contributed by atoms with E-state index in [1.807, 2.05) is 0 Å². The Morgan fingerprint density at radius 2 is 2.25 bits per heavy atom. The molecule has 0 aliphatic heterocycles. The molecule has 0 N–H and O–H groups in total. The van der Waals surface area contributed by atoms with Crippen molar-refractivity contribution in [3.63, 3.8) is 0 Å². The highest BCUT2D eigenvalue weighted by molar-refractivity contribution is 5.99. The highest BCUT2D eigenvalue weighted by atomic mass is 19.1. The second-order valence-electron chi connectivity index (χ2n) is 3.39. The molecule has 16 heavy (non-hydrogen) atoms. The number of carbonyl (C=O) groups excluding carboxylic acids is 2. The van der Waals surface area contributed by atoms with Crippen LogP contribution >= 0.6 is 0 Å². The molecule has 0 saturated heterocycles. The Hall–Kier alpha value is -1.72. The van der Waals surface area contributed by atoms with Crippen LogP contribution in [0.5, 0.6) is 0 Å². The van der Waals surface area contributed by atoms with Gasteiger partial charge in [-0.25, -0.2) is 13.9 Å². The van der Waals surface area contributed by atoms with Gasteiger partial charge in [0.05, 0.1) is 12.8 Å². The van der Waals surface area contributed by atoms with Crippen molar-refractivity contribution >= 4 is 11.8 Å². The summed E-state index contributed by atoms with van der Waals surface area (Å²) in [6.07, 6.45) is 0. The van der Waals surface area contributed by atoms with Gasteiger partial charge >= 0.3 is 5.97 Å². The van der Waals surface area contributed by atoms with Crippen LogP contribution in [0.4, 0.5) is 4.39 Å². The fourth-order valence-corrected chi connectivity index (χ4v) is 1.43. The Kier molecular flexibility index (Phi) is 3.76. The lowest BCUT2D eigenvalue weighted by atomic mass is 10.2. The maximum atomic E-state index is 12.4. The molecule has 1 atom stereocenters. The molecule has 0 bridgehead atoms. The predicted octanol–water partition coefficient (Wildman–Crippen LogP) is 0.964. The summed E-state index contributed by atoms with van der Waals surface area (Å²) < 4.78 is 18.1. The molecule has 0 saturated carbocycles. The van der Waals surface area contributed by atoms with Crippen LogP contribution in [0.1, 0.15) is 24.4 Å². The third kappa shape index (κ3) is 2.26. The van der Waals surface area contributed by atoms with Gasteiger partial charge in [0.25, 0.3) is 0 Å². The molecule has 5 nitrogen and oxygen atoms in total. The van der Waals surface area contributed by atoms with Crippen molar-refractivity contribution < 1.29 is 18.7 Å². The molecular weight excluding hydrogens is 215 g/mol. The Morgan fingerprint density at radius 3 is 2.62 bits per heavy atom. The summed E-state index contributed by atoms with van der Waals surface area (Å²) >= 11 is 0. The first kappa shape index (κ1) is 12.4. The molecule has 0 amide bonds. The number of aryl methyl sites for hydroxylation is 1. The van der Waals surface area contributed by atoms with E-state index in [1.165, 1.54) is 24.8 Å². The summed E-state index contributed by atoms with van der Waals surface area (Å²) in [4.78, 5) is 22.7. The number of aromatic nitrogens is 2. The molecule has 6 heteroatoms. The van der Waals surface area contributed by atoms with Crippen molar-refractivity contribution in [2.75, 3.05) is 7.11 Å². The van der Waals surface area contributed by atoms with Gasteiger partial charge in [-0.2, -0.15) is 5.10 Å². The molecule has 1 aromatic heterocycles. The Labute approximate surface area is 92.2 Å². The standard InChI is InChI=1S/C10H13FN2O3/c1-6-4-8(5-11)12-13(6)9(7(2)14)10(15)16-3/h4,9H,5H2,1-3H3. The zero-order valence-corrected chi connectivity index (χ0v) is 9.36. The van der Waals surface area contributed by atoms with Crippen molar-refractivity contribution in [1.82, 2.24) is 9.78 Å². The van der Waals surface area contributed by atoms with Gasteiger partial charge in [-0.3, -0.25) is 4.79 Å². The molecule has 0 aliphatic rings. The molecule has 0 aliphatic carbocycles. The van der Waals surface area contributed by atoms with Crippen molar-refractivity contribution in [2.24, 2.45) is 0 Å². The average molecular weight is 228 g/mol. The normalized spacial score (nSPS) is 12.2. The zero-order valence-electron chi connectivity index (χ0n) is 9.36. The summed E-state index contributed by atoms with van der Waals surface area (Å²) in [5, 5.41) is 3.84. The Morgan fingerprint density at radius 1 is 1.62 bits per heavy atom. The SMILES string of the molecule is COC(=O)C(C(C)=O)n1nc(CF)cc1C. The van der Waals surface area contributed by atoms with Crippen LogP contribution in [-0.4, -0.2) is 28.6 Å². The van der Waals surface area contributed by atoms with E-state index >= 15 is 0 Å². The van der Waals surface area contributed by atoms with Gasteiger partial charge < -0.3 is 4.74 Å². The number of carbonyl (C=O) groups is 2. The van der Waals surface area contributed by atoms with Crippen molar-refractivity contribution in [3.8, 4) is 0 Å². The molecule has 88 valence electrons. The molecule has 1 heterocycles. The van der Waals surface area contributed by atoms with Crippen LogP contribution in [-0.2, 0) is 21.0 Å². The van der Waals surface area contributed by atoms with E-state index in [-0.39, 0.29) is 5.69 Å². The van der Waals surface area contributed by atoms with Crippen LogP contribution < -0.4 is 0 Å². The average Bonchev–Trinajstić information content (AvgIpc) is 2.59. The first-order valence-corrected chi connectivity index (χ1v) is 4.70. The quantitative estimate of drug-likeness (QED) is 0.569. The van der Waals surface area contributed by atoms with E-state index in [0.717, 1.165) is 0 Å². The molecule has 0 fully saturated rings. The van der Waals surface area contributed by atoms with Crippen molar-refractivity contribution in [1.29, 1.82) is 0 Å². The number of Topliss-reactive ketones (excluding diaryl/α,β-unsaturated/α-hetero) is 1. The number of halogens is 1. The van der Waals surface area contributed by atoms with Crippen LogP contribution in [0.2, 0.25) is 0 Å². The van der Waals surface area contributed by atoms with E-state index in [2.05, 4.69) is 9.84 Å². The van der Waals surface area contributed by atoms with Crippen LogP contribution in [0, 0.1) is 6.92 Å². The number of ketones is 1. The number of nitrogens with zero attached hydrogens (tertiary/aromatic N) is 2. The monoisotopic (exact) mass is 228 g/mol. The first-order chi connectivity index (χ1) is 7.51. The van der Waals surface area contributed by atoms with E-state index in [1.54, 1.807) is 6.92 Å². The second kappa shape index (κ2) is 4.87. The fourth-order valence-electron chi connectivity index (χ4n) is 1.43. The number of hydrogen-bond acceptors (Lipinski definition) is 4. The number of esters is 1. The van der Waals surface area contributed by atoms with E-state index in [0.29, 0.717) is 5.69 Å². The minimum Gasteiger partial charge on any atom is -0.467 e. The number of alkyl halides is 1. The molecule has 0 spiro atoms. The number of hydrogen-bond donors (Lipinski definition) is 0. The smallest absolute Gasteiger partial charge is 0.338 e. The number of methoxy groups -OCH3 is 1. The largest absolute Gasteiger partial charge is 0.467 e. The van der Waals surface area contributed by atoms with Gasteiger partial charge in [0.15, 0.2) is 5.78 Å². The lowest BCUT2D eigenvalue weighted by Gasteiger charge is -2.13. The van der Waals surface area contributed by atoms with Gasteiger partial charge in [0, 0.05) is 5.69 Å². The van der Waals surface area contributed by atoms with Gasteiger partial charge in [-0.05, 0) is 19.9 Å². The maximum Gasteiger partial charge on any atom is 0.338 e. The fraction of sp³-hybridized carbons (Fsp3) is 0.500. The van der Waals surface area contributed by atoms with Gasteiger partial charge in [0.1, 0.15) is 6.67 Å². The van der Waals surface area contributed by atoms with Crippen molar-refractivity contribution in [2.45, 2.75) is 26.6 Å². The topological polar surface area (TPSA) is 61.2 Å². The molecule has 1 rings (SSSR count). The second-order valence-corrected chi connectivity index (χ2v) is 3.39. The predicted molar refractivity (Wildman–Crippen MR) is 53.5 cm³/mol. The number of rotatable bonds is 4. The van der Waals surface area contributed by atoms with Crippen molar-refractivity contribution in [3.05, 3.63) is 17.5 Å². The van der Waals surface area contributed by atoms with Gasteiger partial charge in [-0.1, -0.05) is 0 Å². The van der Waals surface area contributed by atoms with Gasteiger partial charge in [0.2, 0.25) is 6.04 Å². The van der Waals surface area contributed by atoms with Crippen LogP contribution in [0.3, 0.4) is 0 Å². The minimum absolute atomic E-state index is 0.188. The summed E-state index contributed by atoms with van der Waals surface area (Å²) in [5.74, 6) is -1.10. The number of ether oxygens (including phenoxy) is 1. The molecule has 0 aromatic carbocycles. The van der Waals surface area contributed by atoms with Gasteiger partial charge in [-0.15, -0.1) is 0 Å².